The summed E-state index contributed by atoms with van der Waals surface area (Å²) in [6.45, 7) is 1.77. The first-order valence-corrected chi connectivity index (χ1v) is 8.31. The van der Waals surface area contributed by atoms with Gasteiger partial charge in [0.15, 0.2) is 0 Å². The number of nitrogens with one attached hydrogen (secondary N) is 1. The molecule has 3 rings (SSSR count). The molecular weight excluding hydrogens is 352 g/mol. The molecule has 1 atom stereocenters. The molecule has 3 N–H and O–H groups in total. The van der Waals surface area contributed by atoms with Crippen LogP contribution in [0.3, 0.4) is 0 Å². The maximum absolute atomic E-state index is 12.7. The largest absolute Gasteiger partial charge is 0.368 e. The summed E-state index contributed by atoms with van der Waals surface area (Å²) in [6.07, 6.45) is 1.45. The zero-order chi connectivity index (χ0) is 18.7. The number of carbonyl (C=O) groups is 2. The van der Waals surface area contributed by atoms with Crippen LogP contribution in [-0.4, -0.2) is 21.6 Å². The summed E-state index contributed by atoms with van der Waals surface area (Å²) >= 11 is 6.02. The van der Waals surface area contributed by atoms with Crippen molar-refractivity contribution in [1.82, 2.24) is 15.1 Å². The van der Waals surface area contributed by atoms with Crippen molar-refractivity contribution in [2.24, 2.45) is 5.73 Å². The SMILES string of the molecule is Cc1c(C(=O)NC(C(N)=O)c2ccccc2)cnn1-c1cccc(Cl)c1. The molecule has 7 heteroatoms. The Kier molecular flexibility index (Phi) is 5.04. The van der Waals surface area contributed by atoms with Crippen molar-refractivity contribution < 1.29 is 9.59 Å². The number of carbonyl (C=O) groups excluding carboxylic acids is 2. The van der Waals surface area contributed by atoms with E-state index in [0.29, 0.717) is 21.8 Å². The molecule has 0 fully saturated rings. The Bertz CT molecular complexity index is 953. The van der Waals surface area contributed by atoms with Gasteiger partial charge in [-0.05, 0) is 30.7 Å². The summed E-state index contributed by atoms with van der Waals surface area (Å²) in [5.74, 6) is -1.06. The number of aromatic nitrogens is 2. The number of nitrogens with zero attached hydrogens (tertiary/aromatic N) is 2. The van der Waals surface area contributed by atoms with E-state index in [9.17, 15) is 9.59 Å². The highest BCUT2D eigenvalue weighted by atomic mass is 35.5. The second kappa shape index (κ2) is 7.41. The Labute approximate surface area is 155 Å². The molecule has 3 aromatic rings. The smallest absolute Gasteiger partial charge is 0.255 e. The van der Waals surface area contributed by atoms with E-state index in [4.69, 9.17) is 17.3 Å². The van der Waals surface area contributed by atoms with Crippen LogP contribution in [0.2, 0.25) is 5.02 Å². The summed E-state index contributed by atoms with van der Waals surface area (Å²) < 4.78 is 1.61. The molecule has 0 spiro atoms. The third-order valence-corrected chi connectivity index (χ3v) is 4.24. The number of hydrogen-bond acceptors (Lipinski definition) is 3. The van der Waals surface area contributed by atoms with Gasteiger partial charge in [-0.1, -0.05) is 48.0 Å². The molecule has 0 saturated heterocycles. The van der Waals surface area contributed by atoms with E-state index >= 15 is 0 Å². The number of halogens is 1. The van der Waals surface area contributed by atoms with E-state index in [1.807, 2.05) is 12.1 Å². The molecule has 132 valence electrons. The third-order valence-electron chi connectivity index (χ3n) is 4.00. The van der Waals surface area contributed by atoms with Gasteiger partial charge in [0.05, 0.1) is 23.1 Å². The van der Waals surface area contributed by atoms with Crippen LogP contribution in [-0.2, 0) is 4.79 Å². The molecule has 1 aromatic heterocycles. The van der Waals surface area contributed by atoms with Gasteiger partial charge in [0.25, 0.3) is 5.91 Å². The fourth-order valence-electron chi connectivity index (χ4n) is 2.67. The van der Waals surface area contributed by atoms with E-state index in [1.54, 1.807) is 54.1 Å². The van der Waals surface area contributed by atoms with Gasteiger partial charge in [0.1, 0.15) is 6.04 Å². The second-order valence-electron chi connectivity index (χ2n) is 5.75. The topological polar surface area (TPSA) is 90.0 Å². The van der Waals surface area contributed by atoms with Gasteiger partial charge in [-0.3, -0.25) is 9.59 Å². The minimum atomic E-state index is -0.919. The van der Waals surface area contributed by atoms with Crippen molar-refractivity contribution in [3.05, 3.63) is 82.6 Å². The van der Waals surface area contributed by atoms with Crippen LogP contribution in [0.15, 0.2) is 60.8 Å². The first-order valence-electron chi connectivity index (χ1n) is 7.93. The molecule has 1 unspecified atom stereocenters. The molecule has 0 saturated carbocycles. The average molecular weight is 369 g/mol. The highest BCUT2D eigenvalue weighted by Gasteiger charge is 2.23. The molecule has 6 nitrogen and oxygen atoms in total. The number of benzene rings is 2. The quantitative estimate of drug-likeness (QED) is 0.725. The Balaban J connectivity index is 1.87. The van der Waals surface area contributed by atoms with E-state index in [-0.39, 0.29) is 0 Å². The van der Waals surface area contributed by atoms with Crippen LogP contribution in [0.4, 0.5) is 0 Å². The second-order valence-corrected chi connectivity index (χ2v) is 6.19. The fraction of sp³-hybridized carbons (Fsp3) is 0.105. The average Bonchev–Trinajstić information content (AvgIpc) is 3.01. The van der Waals surface area contributed by atoms with Crippen molar-refractivity contribution in [3.8, 4) is 5.69 Å². The molecule has 0 aliphatic carbocycles. The molecule has 0 bridgehead atoms. The minimum absolute atomic E-state index is 0.354. The fourth-order valence-corrected chi connectivity index (χ4v) is 2.86. The first kappa shape index (κ1) is 17.7. The van der Waals surface area contributed by atoms with Gasteiger partial charge < -0.3 is 11.1 Å². The molecule has 2 amide bonds. The monoisotopic (exact) mass is 368 g/mol. The predicted molar refractivity (Wildman–Crippen MR) is 99.2 cm³/mol. The van der Waals surface area contributed by atoms with Crippen LogP contribution >= 0.6 is 11.6 Å². The van der Waals surface area contributed by atoms with E-state index < -0.39 is 17.9 Å². The summed E-state index contributed by atoms with van der Waals surface area (Å²) in [5.41, 5.74) is 7.79. The lowest BCUT2D eigenvalue weighted by atomic mass is 10.1. The van der Waals surface area contributed by atoms with Crippen molar-refractivity contribution in [3.63, 3.8) is 0 Å². The summed E-state index contributed by atoms with van der Waals surface area (Å²) in [4.78, 5) is 24.5. The number of rotatable bonds is 5. The van der Waals surface area contributed by atoms with Crippen LogP contribution in [0.5, 0.6) is 0 Å². The number of hydrogen-bond donors (Lipinski definition) is 2. The zero-order valence-electron chi connectivity index (χ0n) is 14.0. The molecular formula is C19H17ClN4O2. The standard InChI is InChI=1S/C19H17ClN4O2/c1-12-16(11-22-24(12)15-9-5-8-14(20)10-15)19(26)23-17(18(21)25)13-6-3-2-4-7-13/h2-11,17H,1H3,(H2,21,25)(H,23,26). The first-order chi connectivity index (χ1) is 12.5. The predicted octanol–water partition coefficient (Wildman–Crippen LogP) is 2.79. The van der Waals surface area contributed by atoms with Crippen LogP contribution in [0, 0.1) is 6.92 Å². The zero-order valence-corrected chi connectivity index (χ0v) is 14.8. The summed E-state index contributed by atoms with van der Waals surface area (Å²) in [5, 5.41) is 7.50. The maximum atomic E-state index is 12.7. The van der Waals surface area contributed by atoms with E-state index in [1.165, 1.54) is 6.20 Å². The summed E-state index contributed by atoms with van der Waals surface area (Å²) in [6, 6.07) is 15.1. The van der Waals surface area contributed by atoms with Gasteiger partial charge >= 0.3 is 0 Å². The number of amides is 2. The van der Waals surface area contributed by atoms with Gasteiger partial charge in [-0.15, -0.1) is 0 Å². The molecule has 0 radical (unpaired) electrons. The molecule has 2 aromatic carbocycles. The lowest BCUT2D eigenvalue weighted by Crippen LogP contribution is -2.37. The van der Waals surface area contributed by atoms with E-state index in [2.05, 4.69) is 10.4 Å². The lowest BCUT2D eigenvalue weighted by Gasteiger charge is -2.15. The Hall–Kier alpha value is -3.12. The number of primary amides is 1. The lowest BCUT2D eigenvalue weighted by molar-refractivity contribution is -0.120. The van der Waals surface area contributed by atoms with Crippen LogP contribution in [0.25, 0.3) is 5.69 Å². The highest BCUT2D eigenvalue weighted by molar-refractivity contribution is 6.30. The van der Waals surface area contributed by atoms with E-state index in [0.717, 1.165) is 5.69 Å². The van der Waals surface area contributed by atoms with Gasteiger partial charge in [-0.2, -0.15) is 5.10 Å². The van der Waals surface area contributed by atoms with Crippen molar-refractivity contribution in [1.29, 1.82) is 0 Å². The van der Waals surface area contributed by atoms with Gasteiger partial charge in [0.2, 0.25) is 5.91 Å². The van der Waals surface area contributed by atoms with Crippen molar-refractivity contribution >= 4 is 23.4 Å². The van der Waals surface area contributed by atoms with Crippen molar-refractivity contribution in [2.75, 3.05) is 0 Å². The third kappa shape index (κ3) is 3.60. The maximum Gasteiger partial charge on any atom is 0.255 e. The Morgan fingerprint density at radius 2 is 1.88 bits per heavy atom. The minimum Gasteiger partial charge on any atom is -0.368 e. The van der Waals surface area contributed by atoms with Crippen molar-refractivity contribution in [2.45, 2.75) is 13.0 Å². The van der Waals surface area contributed by atoms with Gasteiger partial charge in [0, 0.05) is 5.02 Å². The molecule has 26 heavy (non-hydrogen) atoms. The normalized spacial score (nSPS) is 11.8. The van der Waals surface area contributed by atoms with Crippen LogP contribution < -0.4 is 11.1 Å². The van der Waals surface area contributed by atoms with Gasteiger partial charge in [-0.25, -0.2) is 4.68 Å². The molecule has 0 aliphatic rings. The highest BCUT2D eigenvalue weighted by Crippen LogP contribution is 2.19. The Morgan fingerprint density at radius 3 is 2.54 bits per heavy atom. The number of nitrogens with two attached hydrogens (primary N) is 1. The summed E-state index contributed by atoms with van der Waals surface area (Å²) in [7, 11) is 0. The molecule has 1 heterocycles. The molecule has 0 aliphatic heterocycles. The Morgan fingerprint density at radius 1 is 1.15 bits per heavy atom. The van der Waals surface area contributed by atoms with Crippen LogP contribution in [0.1, 0.15) is 27.7 Å².